The summed E-state index contributed by atoms with van der Waals surface area (Å²) in [7, 11) is 3.21. The van der Waals surface area contributed by atoms with Gasteiger partial charge in [-0.15, -0.1) is 0 Å². The van der Waals surface area contributed by atoms with Gasteiger partial charge in [0.15, 0.2) is 11.5 Å². The molecule has 0 aliphatic heterocycles. The van der Waals surface area contributed by atoms with E-state index in [1.165, 1.54) is 11.1 Å². The largest absolute Gasteiger partial charge is 0.493 e. The molecule has 0 bridgehead atoms. The molecule has 1 N–H and O–H groups in total. The average molecular weight is 284 g/mol. The molecule has 0 spiro atoms. The summed E-state index contributed by atoms with van der Waals surface area (Å²) in [5.41, 5.74) is 3.55. The lowest BCUT2D eigenvalue weighted by Gasteiger charge is -2.32. The number of rotatable bonds is 5. The van der Waals surface area contributed by atoms with Gasteiger partial charge in [-0.05, 0) is 36.0 Å². The van der Waals surface area contributed by atoms with Crippen LogP contribution in [0.3, 0.4) is 0 Å². The molecule has 0 aromatic heterocycles. The summed E-state index contributed by atoms with van der Waals surface area (Å²) in [4.78, 5) is 0. The number of hydrogen-bond donors (Lipinski definition) is 1. The lowest BCUT2D eigenvalue weighted by molar-refractivity contribution is 0.149. The summed E-state index contributed by atoms with van der Waals surface area (Å²) in [6.07, 6.45) is 1.20. The predicted molar refractivity (Wildman–Crippen MR) is 82.0 cm³/mol. The molecular formula is C18H20O3. The predicted octanol–water partition coefficient (Wildman–Crippen LogP) is 3.47. The van der Waals surface area contributed by atoms with Crippen LogP contribution >= 0.6 is 0 Å². The van der Waals surface area contributed by atoms with Gasteiger partial charge < -0.3 is 14.6 Å². The highest BCUT2D eigenvalue weighted by molar-refractivity contribution is 5.48. The molecule has 0 heterocycles. The van der Waals surface area contributed by atoms with Crippen molar-refractivity contribution in [2.24, 2.45) is 0 Å². The van der Waals surface area contributed by atoms with Gasteiger partial charge in [0.2, 0.25) is 0 Å². The fourth-order valence-electron chi connectivity index (χ4n) is 3.14. The molecule has 110 valence electrons. The number of benzene rings is 2. The van der Waals surface area contributed by atoms with Crippen molar-refractivity contribution in [2.45, 2.75) is 24.9 Å². The molecule has 1 aliphatic rings. The van der Waals surface area contributed by atoms with Crippen molar-refractivity contribution in [3.05, 3.63) is 59.2 Å². The molecule has 21 heavy (non-hydrogen) atoms. The van der Waals surface area contributed by atoms with Gasteiger partial charge in [-0.25, -0.2) is 0 Å². The van der Waals surface area contributed by atoms with E-state index in [1.54, 1.807) is 14.2 Å². The second kappa shape index (κ2) is 5.78. The molecule has 0 radical (unpaired) electrons. The quantitative estimate of drug-likeness (QED) is 0.913. The van der Waals surface area contributed by atoms with Gasteiger partial charge >= 0.3 is 0 Å². The highest BCUT2D eigenvalue weighted by Crippen LogP contribution is 2.43. The maximum atomic E-state index is 10.6. The first-order valence-corrected chi connectivity index (χ1v) is 7.21. The molecule has 2 unspecified atom stereocenters. The van der Waals surface area contributed by atoms with Crippen molar-refractivity contribution in [1.29, 1.82) is 0 Å². The number of methoxy groups -OCH3 is 2. The van der Waals surface area contributed by atoms with Crippen molar-refractivity contribution >= 4 is 0 Å². The van der Waals surface area contributed by atoms with Crippen LogP contribution in [-0.4, -0.2) is 19.3 Å². The number of para-hydroxylation sites is 1. The zero-order valence-corrected chi connectivity index (χ0v) is 12.4. The molecular weight excluding hydrogens is 264 g/mol. The van der Waals surface area contributed by atoms with Gasteiger partial charge in [-0.3, -0.25) is 0 Å². The lowest BCUT2D eigenvalue weighted by Crippen LogP contribution is -2.19. The zero-order valence-electron chi connectivity index (χ0n) is 12.4. The van der Waals surface area contributed by atoms with Gasteiger partial charge in [0.05, 0.1) is 20.3 Å². The highest BCUT2D eigenvalue weighted by atomic mass is 16.5. The van der Waals surface area contributed by atoms with E-state index in [9.17, 15) is 5.11 Å². The van der Waals surface area contributed by atoms with Gasteiger partial charge in [0.25, 0.3) is 0 Å². The Balaban J connectivity index is 1.79. The molecule has 3 rings (SSSR count). The van der Waals surface area contributed by atoms with Crippen LogP contribution in [0.25, 0.3) is 0 Å². The molecule has 0 fully saturated rings. The van der Waals surface area contributed by atoms with Crippen LogP contribution in [0.15, 0.2) is 42.5 Å². The van der Waals surface area contributed by atoms with Crippen molar-refractivity contribution in [1.82, 2.24) is 0 Å². The normalized spacial score (nSPS) is 17.6. The first-order chi connectivity index (χ1) is 10.2. The smallest absolute Gasteiger partial charge is 0.166 e. The number of hydrogen-bond acceptors (Lipinski definition) is 3. The van der Waals surface area contributed by atoms with Crippen molar-refractivity contribution in [3.63, 3.8) is 0 Å². The van der Waals surface area contributed by atoms with Gasteiger partial charge in [0, 0.05) is 5.56 Å². The Labute approximate surface area is 125 Å². The summed E-state index contributed by atoms with van der Waals surface area (Å²) in [5.74, 6) is 1.70. The van der Waals surface area contributed by atoms with Crippen LogP contribution in [0.1, 0.15) is 35.1 Å². The van der Waals surface area contributed by atoms with E-state index in [0.717, 1.165) is 12.0 Å². The van der Waals surface area contributed by atoms with Crippen LogP contribution in [0.2, 0.25) is 0 Å². The SMILES string of the molecule is COc1cccc(C(O)CC2Cc3ccccc32)c1OC. The Kier molecular flexibility index (Phi) is 3.84. The molecule has 0 saturated carbocycles. The fraction of sp³-hybridized carbons (Fsp3) is 0.333. The third kappa shape index (κ3) is 2.49. The molecule has 1 aliphatic carbocycles. The molecule has 0 saturated heterocycles. The maximum absolute atomic E-state index is 10.6. The Bertz CT molecular complexity index is 636. The number of fused-ring (bicyclic) bond motifs is 1. The van der Waals surface area contributed by atoms with Crippen LogP contribution in [0, 0.1) is 0 Å². The van der Waals surface area contributed by atoms with E-state index in [-0.39, 0.29) is 0 Å². The van der Waals surface area contributed by atoms with E-state index in [4.69, 9.17) is 9.47 Å². The fourth-order valence-corrected chi connectivity index (χ4v) is 3.14. The number of aliphatic hydroxyl groups is 1. The topological polar surface area (TPSA) is 38.7 Å². The van der Waals surface area contributed by atoms with E-state index < -0.39 is 6.10 Å². The summed E-state index contributed by atoms with van der Waals surface area (Å²) in [6, 6.07) is 14.1. The maximum Gasteiger partial charge on any atom is 0.166 e. The van der Waals surface area contributed by atoms with Crippen LogP contribution in [-0.2, 0) is 6.42 Å². The summed E-state index contributed by atoms with van der Waals surface area (Å²) < 4.78 is 10.7. The van der Waals surface area contributed by atoms with Gasteiger partial charge in [0.1, 0.15) is 0 Å². The van der Waals surface area contributed by atoms with Crippen molar-refractivity contribution in [3.8, 4) is 11.5 Å². The summed E-state index contributed by atoms with van der Waals surface area (Å²) in [6.45, 7) is 0. The van der Waals surface area contributed by atoms with Crippen LogP contribution in [0.4, 0.5) is 0 Å². The lowest BCUT2D eigenvalue weighted by atomic mass is 9.74. The number of aliphatic hydroxyl groups excluding tert-OH is 1. The molecule has 0 amide bonds. The molecule has 2 aromatic rings. The standard InChI is InChI=1S/C18H20O3/c1-20-17-9-5-8-15(18(17)21-2)16(19)11-13-10-12-6-3-4-7-14(12)13/h3-9,13,16,19H,10-11H2,1-2H3. The van der Waals surface area contributed by atoms with E-state index in [0.29, 0.717) is 23.8 Å². The average Bonchev–Trinajstić information content (AvgIpc) is 2.51. The second-order valence-electron chi connectivity index (χ2n) is 5.43. The number of ether oxygens (including phenoxy) is 2. The first-order valence-electron chi connectivity index (χ1n) is 7.21. The first kappa shape index (κ1) is 14.0. The zero-order chi connectivity index (χ0) is 14.8. The second-order valence-corrected chi connectivity index (χ2v) is 5.43. The summed E-state index contributed by atoms with van der Waals surface area (Å²) in [5, 5.41) is 10.6. The molecule has 3 nitrogen and oxygen atoms in total. The highest BCUT2D eigenvalue weighted by Gasteiger charge is 2.29. The minimum Gasteiger partial charge on any atom is -0.493 e. The third-order valence-corrected chi connectivity index (χ3v) is 4.26. The molecule has 2 aromatic carbocycles. The van der Waals surface area contributed by atoms with Gasteiger partial charge in [-0.1, -0.05) is 36.4 Å². The van der Waals surface area contributed by atoms with Crippen LogP contribution in [0.5, 0.6) is 11.5 Å². The van der Waals surface area contributed by atoms with E-state index >= 15 is 0 Å². The van der Waals surface area contributed by atoms with E-state index in [2.05, 4.69) is 24.3 Å². The van der Waals surface area contributed by atoms with Gasteiger partial charge in [-0.2, -0.15) is 0 Å². The molecule has 2 atom stereocenters. The molecule has 3 heteroatoms. The minimum atomic E-state index is -0.548. The Morgan fingerprint density at radius 2 is 1.90 bits per heavy atom. The monoisotopic (exact) mass is 284 g/mol. The Morgan fingerprint density at radius 3 is 2.62 bits per heavy atom. The minimum absolute atomic E-state index is 0.423. The van der Waals surface area contributed by atoms with Crippen molar-refractivity contribution in [2.75, 3.05) is 14.2 Å². The van der Waals surface area contributed by atoms with Crippen LogP contribution < -0.4 is 9.47 Å². The Morgan fingerprint density at radius 1 is 1.10 bits per heavy atom. The van der Waals surface area contributed by atoms with E-state index in [1.807, 2.05) is 18.2 Å². The summed E-state index contributed by atoms with van der Waals surface area (Å²) >= 11 is 0. The van der Waals surface area contributed by atoms with Crippen molar-refractivity contribution < 1.29 is 14.6 Å². The Hall–Kier alpha value is -2.00. The third-order valence-electron chi connectivity index (χ3n) is 4.26.